The Bertz CT molecular complexity index is 615. The fourth-order valence-electron chi connectivity index (χ4n) is 1.92. The summed E-state index contributed by atoms with van der Waals surface area (Å²) in [6.07, 6.45) is -1.71. The normalized spacial score (nSPS) is 11.0. The summed E-state index contributed by atoms with van der Waals surface area (Å²) in [5.74, 6) is 1.25. The molecule has 2 aromatic rings. The van der Waals surface area contributed by atoms with Gasteiger partial charge in [-0.05, 0) is 29.3 Å². The SMILES string of the molecule is CCNc1nc(-c2ccc(C(F)F)cc2)nc(CC)c1Br. The van der Waals surface area contributed by atoms with Gasteiger partial charge in [-0.15, -0.1) is 0 Å². The quantitative estimate of drug-likeness (QED) is 0.833. The number of anilines is 1. The molecular formula is C15H16BrF2N3. The maximum absolute atomic E-state index is 12.6. The summed E-state index contributed by atoms with van der Waals surface area (Å²) in [6.45, 7) is 4.73. The first-order chi connectivity index (χ1) is 10.1. The van der Waals surface area contributed by atoms with Crippen molar-refractivity contribution in [2.24, 2.45) is 0 Å². The zero-order valence-electron chi connectivity index (χ0n) is 11.8. The van der Waals surface area contributed by atoms with Gasteiger partial charge >= 0.3 is 0 Å². The minimum Gasteiger partial charge on any atom is -0.369 e. The smallest absolute Gasteiger partial charge is 0.263 e. The summed E-state index contributed by atoms with van der Waals surface area (Å²) >= 11 is 3.49. The van der Waals surface area contributed by atoms with Gasteiger partial charge in [0.25, 0.3) is 6.43 Å². The van der Waals surface area contributed by atoms with Crippen LogP contribution in [0.2, 0.25) is 0 Å². The van der Waals surface area contributed by atoms with Gasteiger partial charge in [0.1, 0.15) is 5.82 Å². The van der Waals surface area contributed by atoms with E-state index in [1.54, 1.807) is 12.1 Å². The third-order valence-corrected chi connectivity index (χ3v) is 3.85. The molecule has 0 atom stereocenters. The van der Waals surface area contributed by atoms with Crippen molar-refractivity contribution in [2.45, 2.75) is 26.7 Å². The highest BCUT2D eigenvalue weighted by Crippen LogP contribution is 2.28. The van der Waals surface area contributed by atoms with E-state index in [-0.39, 0.29) is 5.56 Å². The Morgan fingerprint density at radius 2 is 1.81 bits per heavy atom. The second kappa shape index (κ2) is 6.93. The fourth-order valence-corrected chi connectivity index (χ4v) is 2.52. The number of nitrogens with zero attached hydrogens (tertiary/aromatic N) is 2. The fraction of sp³-hybridized carbons (Fsp3) is 0.333. The largest absolute Gasteiger partial charge is 0.369 e. The van der Waals surface area contributed by atoms with Gasteiger partial charge in [0.05, 0.1) is 10.2 Å². The molecule has 0 radical (unpaired) electrons. The Hall–Kier alpha value is -1.56. The summed E-state index contributed by atoms with van der Waals surface area (Å²) in [4.78, 5) is 8.95. The maximum atomic E-state index is 12.6. The van der Waals surface area contributed by atoms with E-state index in [4.69, 9.17) is 0 Å². The van der Waals surface area contributed by atoms with Crippen molar-refractivity contribution in [3.63, 3.8) is 0 Å². The first kappa shape index (κ1) is 15.8. The molecule has 1 N–H and O–H groups in total. The monoisotopic (exact) mass is 355 g/mol. The first-order valence-corrected chi connectivity index (χ1v) is 7.54. The van der Waals surface area contributed by atoms with Crippen LogP contribution in [0.4, 0.5) is 14.6 Å². The molecule has 112 valence electrons. The summed E-state index contributed by atoms with van der Waals surface area (Å²) < 4.78 is 26.0. The van der Waals surface area contributed by atoms with E-state index < -0.39 is 6.43 Å². The average Bonchev–Trinajstić information content (AvgIpc) is 2.49. The number of hydrogen-bond acceptors (Lipinski definition) is 3. The lowest BCUT2D eigenvalue weighted by molar-refractivity contribution is 0.151. The van der Waals surface area contributed by atoms with Gasteiger partial charge in [-0.3, -0.25) is 0 Å². The summed E-state index contributed by atoms with van der Waals surface area (Å²) in [5.41, 5.74) is 1.60. The van der Waals surface area contributed by atoms with E-state index in [1.165, 1.54) is 12.1 Å². The number of aryl methyl sites for hydroxylation is 1. The number of aromatic nitrogens is 2. The molecule has 0 aliphatic heterocycles. The Kier molecular flexibility index (Phi) is 5.22. The molecule has 0 spiro atoms. The number of hydrogen-bond donors (Lipinski definition) is 1. The van der Waals surface area contributed by atoms with Crippen LogP contribution in [-0.2, 0) is 6.42 Å². The summed E-state index contributed by atoms with van der Waals surface area (Å²) in [5, 5.41) is 3.17. The minimum absolute atomic E-state index is 0.00140. The van der Waals surface area contributed by atoms with Crippen LogP contribution in [0, 0.1) is 0 Å². The van der Waals surface area contributed by atoms with Crippen molar-refractivity contribution in [1.82, 2.24) is 9.97 Å². The molecule has 2 rings (SSSR count). The van der Waals surface area contributed by atoms with Crippen LogP contribution in [0.3, 0.4) is 0 Å². The first-order valence-electron chi connectivity index (χ1n) is 6.75. The highest BCUT2D eigenvalue weighted by molar-refractivity contribution is 9.10. The van der Waals surface area contributed by atoms with Crippen LogP contribution in [0.25, 0.3) is 11.4 Å². The molecule has 0 aliphatic carbocycles. The molecule has 1 aromatic heterocycles. The predicted molar refractivity (Wildman–Crippen MR) is 83.7 cm³/mol. The Labute approximate surface area is 131 Å². The lowest BCUT2D eigenvalue weighted by Gasteiger charge is -2.11. The molecule has 0 fully saturated rings. The molecule has 0 unspecified atom stereocenters. The lowest BCUT2D eigenvalue weighted by Crippen LogP contribution is -2.05. The summed E-state index contributed by atoms with van der Waals surface area (Å²) in [7, 11) is 0. The maximum Gasteiger partial charge on any atom is 0.263 e. The van der Waals surface area contributed by atoms with Crippen molar-refractivity contribution in [3.05, 3.63) is 40.0 Å². The molecule has 0 bridgehead atoms. The van der Waals surface area contributed by atoms with Crippen LogP contribution in [0.1, 0.15) is 31.5 Å². The molecule has 1 heterocycles. The van der Waals surface area contributed by atoms with Crippen molar-refractivity contribution >= 4 is 21.7 Å². The highest BCUT2D eigenvalue weighted by Gasteiger charge is 2.13. The van der Waals surface area contributed by atoms with E-state index in [0.29, 0.717) is 5.82 Å². The van der Waals surface area contributed by atoms with Gasteiger partial charge < -0.3 is 5.32 Å². The van der Waals surface area contributed by atoms with E-state index >= 15 is 0 Å². The lowest BCUT2D eigenvalue weighted by atomic mass is 10.1. The third kappa shape index (κ3) is 3.56. The molecule has 0 saturated heterocycles. The Morgan fingerprint density at radius 1 is 1.14 bits per heavy atom. The van der Waals surface area contributed by atoms with Crippen LogP contribution in [0.5, 0.6) is 0 Å². The summed E-state index contributed by atoms with van der Waals surface area (Å²) in [6, 6.07) is 6.06. The average molecular weight is 356 g/mol. The number of nitrogens with one attached hydrogen (secondary N) is 1. The van der Waals surface area contributed by atoms with Gasteiger partial charge in [0.15, 0.2) is 5.82 Å². The standard InChI is InChI=1S/C15H16BrF2N3/c1-3-11-12(16)15(19-4-2)21-14(20-11)10-7-5-9(6-8-10)13(17)18/h5-8,13H,3-4H2,1-2H3,(H,19,20,21). The second-order valence-electron chi connectivity index (χ2n) is 4.46. The van der Waals surface area contributed by atoms with Crippen LogP contribution in [-0.4, -0.2) is 16.5 Å². The molecule has 6 heteroatoms. The third-order valence-electron chi connectivity index (χ3n) is 3.02. The predicted octanol–water partition coefficient (Wildman–Crippen LogP) is 4.84. The van der Waals surface area contributed by atoms with Crippen molar-refractivity contribution in [1.29, 1.82) is 0 Å². The van der Waals surface area contributed by atoms with Crippen molar-refractivity contribution < 1.29 is 8.78 Å². The van der Waals surface area contributed by atoms with Gasteiger partial charge in [0, 0.05) is 17.7 Å². The number of benzene rings is 1. The molecule has 1 aromatic carbocycles. The molecule has 0 aliphatic rings. The number of alkyl halides is 2. The molecule has 21 heavy (non-hydrogen) atoms. The Balaban J connectivity index is 2.45. The van der Waals surface area contributed by atoms with Crippen LogP contribution in [0.15, 0.2) is 28.7 Å². The van der Waals surface area contributed by atoms with Gasteiger partial charge in [-0.1, -0.05) is 31.2 Å². The minimum atomic E-state index is -2.46. The van der Waals surface area contributed by atoms with Crippen molar-refractivity contribution in [2.75, 3.05) is 11.9 Å². The van der Waals surface area contributed by atoms with Gasteiger partial charge in [-0.25, -0.2) is 18.7 Å². The van der Waals surface area contributed by atoms with Crippen molar-refractivity contribution in [3.8, 4) is 11.4 Å². The second-order valence-corrected chi connectivity index (χ2v) is 5.26. The van der Waals surface area contributed by atoms with Crippen LogP contribution >= 0.6 is 15.9 Å². The van der Waals surface area contributed by atoms with E-state index in [9.17, 15) is 8.78 Å². The van der Waals surface area contributed by atoms with Gasteiger partial charge in [0.2, 0.25) is 0 Å². The van der Waals surface area contributed by atoms with Gasteiger partial charge in [-0.2, -0.15) is 0 Å². The number of rotatable bonds is 5. The molecule has 0 saturated carbocycles. The molecule has 3 nitrogen and oxygen atoms in total. The zero-order valence-corrected chi connectivity index (χ0v) is 13.4. The molecular weight excluding hydrogens is 340 g/mol. The zero-order chi connectivity index (χ0) is 15.4. The van der Waals surface area contributed by atoms with E-state index in [1.807, 2.05) is 13.8 Å². The highest BCUT2D eigenvalue weighted by atomic mass is 79.9. The molecule has 0 amide bonds. The van der Waals surface area contributed by atoms with E-state index in [2.05, 4.69) is 31.2 Å². The number of halogens is 3. The Morgan fingerprint density at radius 3 is 2.33 bits per heavy atom. The van der Waals surface area contributed by atoms with E-state index in [0.717, 1.165) is 34.5 Å². The topological polar surface area (TPSA) is 37.8 Å². The van der Waals surface area contributed by atoms with Crippen LogP contribution < -0.4 is 5.32 Å².